The van der Waals surface area contributed by atoms with Crippen molar-refractivity contribution in [1.82, 2.24) is 0 Å². The molecule has 0 spiro atoms. The van der Waals surface area contributed by atoms with E-state index in [-0.39, 0.29) is 11.4 Å². The van der Waals surface area contributed by atoms with Gasteiger partial charge >= 0.3 is 82.1 Å². The fourth-order valence-electron chi connectivity index (χ4n) is 1.20. The van der Waals surface area contributed by atoms with Crippen LogP contribution in [0, 0.1) is 17.1 Å². The summed E-state index contributed by atoms with van der Waals surface area (Å²) in [5.41, 5.74) is 0.170. The van der Waals surface area contributed by atoms with Gasteiger partial charge in [0.15, 0.2) is 0 Å². The van der Waals surface area contributed by atoms with E-state index >= 15 is 0 Å². The van der Waals surface area contributed by atoms with E-state index in [1.165, 1.54) is 6.07 Å². The minimum absolute atomic E-state index is 0.170. The molecule has 3 heteroatoms. The van der Waals surface area contributed by atoms with Gasteiger partial charge in [0.25, 0.3) is 0 Å². The third-order valence-corrected chi connectivity index (χ3v) is 7.64. The molecule has 68 valence electrons. The Hall–Kier alpha value is -0.561. The van der Waals surface area contributed by atoms with Crippen LogP contribution in [0.3, 0.4) is 0 Å². The standard InChI is InChI=1S/C7H3FN.3CH3.Sn/c8-7-4-2-1-3-6(7)5-9;;;;/h1-3H;3*1H3;. The molecule has 0 bridgehead atoms. The van der Waals surface area contributed by atoms with Gasteiger partial charge < -0.3 is 0 Å². The average Bonchev–Trinajstić information content (AvgIpc) is 2.02. The van der Waals surface area contributed by atoms with E-state index in [0.29, 0.717) is 0 Å². The average molecular weight is 284 g/mol. The van der Waals surface area contributed by atoms with Crippen molar-refractivity contribution in [3.05, 3.63) is 29.6 Å². The van der Waals surface area contributed by atoms with E-state index in [4.69, 9.17) is 5.26 Å². The van der Waals surface area contributed by atoms with Crippen molar-refractivity contribution in [1.29, 1.82) is 5.26 Å². The predicted molar refractivity (Wildman–Crippen MR) is 54.1 cm³/mol. The summed E-state index contributed by atoms with van der Waals surface area (Å²) in [6.45, 7) is 0. The van der Waals surface area contributed by atoms with Gasteiger partial charge in [-0.15, -0.1) is 0 Å². The fourth-order valence-corrected chi connectivity index (χ4v) is 5.16. The number of hydrogen-bond donors (Lipinski definition) is 0. The van der Waals surface area contributed by atoms with Crippen LogP contribution in [0.1, 0.15) is 5.56 Å². The van der Waals surface area contributed by atoms with E-state index in [0.717, 1.165) is 3.58 Å². The summed E-state index contributed by atoms with van der Waals surface area (Å²) >= 11 is -2.37. The first-order valence-electron chi connectivity index (χ1n) is 4.16. The molecule has 1 aromatic rings. The van der Waals surface area contributed by atoms with Crippen molar-refractivity contribution in [3.63, 3.8) is 0 Å². The third kappa shape index (κ3) is 2.22. The molecule has 0 amide bonds. The SMILES string of the molecule is [CH3][Sn]([CH3])([CH3])[c]1cccc(C#N)c1F. The van der Waals surface area contributed by atoms with E-state index in [1.807, 2.05) is 12.1 Å². The van der Waals surface area contributed by atoms with Gasteiger partial charge in [0.1, 0.15) is 0 Å². The van der Waals surface area contributed by atoms with Crippen LogP contribution in [0.15, 0.2) is 18.2 Å². The van der Waals surface area contributed by atoms with Crippen LogP contribution in [0.5, 0.6) is 0 Å². The maximum absolute atomic E-state index is 13.6. The molecule has 13 heavy (non-hydrogen) atoms. The molecule has 0 unspecified atom stereocenters. The molecule has 0 saturated carbocycles. The second-order valence-electron chi connectivity index (χ2n) is 4.03. The van der Waals surface area contributed by atoms with Gasteiger partial charge in [0.2, 0.25) is 0 Å². The summed E-state index contributed by atoms with van der Waals surface area (Å²) < 4.78 is 14.4. The molecule has 0 fully saturated rings. The number of halogens is 1. The molecule has 1 aromatic carbocycles. The van der Waals surface area contributed by atoms with Gasteiger partial charge in [-0.2, -0.15) is 0 Å². The van der Waals surface area contributed by atoms with E-state index in [2.05, 4.69) is 14.8 Å². The van der Waals surface area contributed by atoms with Crippen LogP contribution in [0.4, 0.5) is 4.39 Å². The Morgan fingerprint density at radius 1 is 1.31 bits per heavy atom. The van der Waals surface area contributed by atoms with Crippen LogP contribution >= 0.6 is 0 Å². The minimum atomic E-state index is -2.37. The summed E-state index contributed by atoms with van der Waals surface area (Å²) in [6, 6.07) is 6.97. The maximum atomic E-state index is 13.6. The molecule has 1 nitrogen and oxygen atoms in total. The predicted octanol–water partition coefficient (Wildman–Crippen LogP) is 2.24. The Kier molecular flexibility index (Phi) is 2.97. The quantitative estimate of drug-likeness (QED) is 0.725. The van der Waals surface area contributed by atoms with E-state index in [1.54, 1.807) is 6.07 Å². The zero-order valence-corrected chi connectivity index (χ0v) is 10.9. The van der Waals surface area contributed by atoms with Gasteiger partial charge in [0.05, 0.1) is 0 Å². The summed E-state index contributed by atoms with van der Waals surface area (Å²) in [4.78, 5) is 6.40. The molecule has 1 rings (SSSR count). The second kappa shape index (κ2) is 3.67. The van der Waals surface area contributed by atoms with Crippen molar-refractivity contribution in [2.45, 2.75) is 14.8 Å². The van der Waals surface area contributed by atoms with Crippen molar-refractivity contribution in [3.8, 4) is 6.07 Å². The molecule has 0 aliphatic rings. The molecule has 0 aliphatic heterocycles. The van der Waals surface area contributed by atoms with Crippen LogP contribution in [0.25, 0.3) is 0 Å². The first-order chi connectivity index (χ1) is 5.96. The van der Waals surface area contributed by atoms with Crippen molar-refractivity contribution in [2.75, 3.05) is 0 Å². The topological polar surface area (TPSA) is 23.8 Å². The summed E-state index contributed by atoms with van der Waals surface area (Å²) in [5.74, 6) is -0.298. The number of nitrogens with zero attached hydrogens (tertiary/aromatic N) is 1. The van der Waals surface area contributed by atoms with Gasteiger partial charge in [-0.1, -0.05) is 0 Å². The van der Waals surface area contributed by atoms with Crippen molar-refractivity contribution in [2.24, 2.45) is 0 Å². The normalized spacial score (nSPS) is 11.0. The van der Waals surface area contributed by atoms with Gasteiger partial charge in [0, 0.05) is 0 Å². The van der Waals surface area contributed by atoms with Crippen molar-refractivity contribution < 1.29 is 4.39 Å². The summed E-state index contributed by atoms with van der Waals surface area (Å²) in [5, 5.41) is 8.64. The van der Waals surface area contributed by atoms with Crippen LogP contribution in [-0.4, -0.2) is 18.4 Å². The Labute approximate surface area is 82.1 Å². The molecular formula is C10H12FNSn. The Balaban J connectivity index is 3.34. The van der Waals surface area contributed by atoms with E-state index < -0.39 is 18.4 Å². The zero-order chi connectivity index (χ0) is 10.1. The van der Waals surface area contributed by atoms with Gasteiger partial charge in [-0.25, -0.2) is 0 Å². The van der Waals surface area contributed by atoms with Gasteiger partial charge in [-0.3, -0.25) is 0 Å². The summed E-state index contributed by atoms with van der Waals surface area (Å²) in [7, 11) is 0. The number of rotatable bonds is 1. The first-order valence-corrected chi connectivity index (χ1v) is 14.1. The first kappa shape index (κ1) is 10.5. The number of nitriles is 1. The van der Waals surface area contributed by atoms with Crippen LogP contribution in [-0.2, 0) is 0 Å². The molecule has 0 aliphatic carbocycles. The third-order valence-electron chi connectivity index (χ3n) is 1.93. The van der Waals surface area contributed by atoms with Crippen molar-refractivity contribution >= 4 is 22.0 Å². The summed E-state index contributed by atoms with van der Waals surface area (Å²) in [6.07, 6.45) is 0. The fraction of sp³-hybridized carbons (Fsp3) is 0.300. The molecule has 0 N–H and O–H groups in total. The Bertz CT molecular complexity index is 360. The second-order valence-corrected chi connectivity index (χ2v) is 18.4. The van der Waals surface area contributed by atoms with E-state index in [9.17, 15) is 4.39 Å². The number of hydrogen-bond acceptors (Lipinski definition) is 1. The molecular weight excluding hydrogens is 272 g/mol. The molecule has 0 aromatic heterocycles. The van der Waals surface area contributed by atoms with Crippen LogP contribution in [0.2, 0.25) is 14.8 Å². The molecule has 0 saturated heterocycles. The molecule has 0 heterocycles. The Morgan fingerprint density at radius 2 is 1.92 bits per heavy atom. The van der Waals surface area contributed by atoms with Gasteiger partial charge in [-0.05, 0) is 0 Å². The Morgan fingerprint density at radius 3 is 2.38 bits per heavy atom. The van der Waals surface area contributed by atoms with Crippen LogP contribution < -0.4 is 3.58 Å². The molecule has 0 radical (unpaired) electrons. The zero-order valence-electron chi connectivity index (χ0n) is 8.06. The monoisotopic (exact) mass is 285 g/mol. The number of benzene rings is 1. The molecule has 0 atom stereocenters.